The van der Waals surface area contributed by atoms with Gasteiger partial charge in [-0.05, 0) is 75.5 Å². The number of benzene rings is 2. The third kappa shape index (κ3) is 7.65. The predicted molar refractivity (Wildman–Crippen MR) is 112 cm³/mol. The monoisotopic (exact) mass is 388 g/mol. The van der Waals surface area contributed by atoms with Crippen molar-refractivity contribution >= 4 is 35.3 Å². The van der Waals surface area contributed by atoms with Crippen molar-refractivity contribution in [3.05, 3.63) is 65.2 Å². The first kappa shape index (κ1) is 20.6. The molecule has 5 heteroatoms. The van der Waals surface area contributed by atoms with Crippen molar-refractivity contribution in [2.24, 2.45) is 0 Å². The van der Waals surface area contributed by atoms with Gasteiger partial charge in [-0.3, -0.25) is 4.79 Å². The van der Waals surface area contributed by atoms with Gasteiger partial charge in [0.25, 0.3) is 0 Å². The van der Waals surface area contributed by atoms with Gasteiger partial charge in [0.15, 0.2) is 0 Å². The van der Waals surface area contributed by atoms with E-state index >= 15 is 0 Å². The highest BCUT2D eigenvalue weighted by Crippen LogP contribution is 2.31. The molecule has 0 saturated carbocycles. The molecule has 2 aromatic rings. The number of carbonyl (C=O) groups is 1. The van der Waals surface area contributed by atoms with Crippen LogP contribution >= 0.6 is 23.4 Å². The minimum absolute atomic E-state index is 0.0545. The maximum Gasteiger partial charge on any atom is 0.243 e. The zero-order valence-corrected chi connectivity index (χ0v) is 16.8. The Bertz CT molecular complexity index is 729. The molecule has 0 heterocycles. The fraction of sp³-hybridized carbons (Fsp3) is 0.286. The number of hydrogen-bond donors (Lipinski definition) is 1. The van der Waals surface area contributed by atoms with E-state index in [0.29, 0.717) is 6.54 Å². The van der Waals surface area contributed by atoms with Crippen LogP contribution in [0.4, 0.5) is 0 Å². The molecule has 3 nitrogen and oxygen atoms in total. The van der Waals surface area contributed by atoms with E-state index in [1.807, 2.05) is 48.5 Å². The van der Waals surface area contributed by atoms with Gasteiger partial charge < -0.3 is 10.2 Å². The average Bonchev–Trinajstić information content (AvgIpc) is 2.62. The van der Waals surface area contributed by atoms with Gasteiger partial charge in [0, 0.05) is 27.4 Å². The van der Waals surface area contributed by atoms with Crippen LogP contribution in [0.15, 0.2) is 64.4 Å². The molecule has 0 fully saturated rings. The summed E-state index contributed by atoms with van der Waals surface area (Å²) >= 11 is 7.60. The summed E-state index contributed by atoms with van der Waals surface area (Å²) in [5, 5.41) is 3.66. The molecule has 0 unspecified atom stereocenters. The fourth-order valence-electron chi connectivity index (χ4n) is 2.33. The molecule has 0 aliphatic rings. The van der Waals surface area contributed by atoms with Crippen LogP contribution < -0.4 is 5.32 Å². The van der Waals surface area contributed by atoms with Crippen LogP contribution in [-0.4, -0.2) is 38.0 Å². The molecule has 1 N–H and O–H groups in total. The predicted octanol–water partition coefficient (Wildman–Crippen LogP) is 4.96. The highest BCUT2D eigenvalue weighted by molar-refractivity contribution is 7.99. The van der Waals surface area contributed by atoms with E-state index in [4.69, 9.17) is 11.6 Å². The van der Waals surface area contributed by atoms with E-state index in [2.05, 4.69) is 30.4 Å². The van der Waals surface area contributed by atoms with Crippen molar-refractivity contribution in [3.8, 4) is 0 Å². The molecule has 1 amide bonds. The lowest BCUT2D eigenvalue weighted by Crippen LogP contribution is -2.23. The Kier molecular flexibility index (Phi) is 8.75. The molecule has 2 aromatic carbocycles. The Morgan fingerprint density at radius 3 is 2.58 bits per heavy atom. The Balaban J connectivity index is 1.89. The Morgan fingerprint density at radius 2 is 1.85 bits per heavy atom. The third-order valence-electron chi connectivity index (χ3n) is 3.71. The number of carbonyl (C=O) groups excluding carboxylic acids is 1. The van der Waals surface area contributed by atoms with Crippen LogP contribution in [0.3, 0.4) is 0 Å². The van der Waals surface area contributed by atoms with Crippen LogP contribution in [0, 0.1) is 0 Å². The van der Waals surface area contributed by atoms with E-state index < -0.39 is 0 Å². The molecule has 26 heavy (non-hydrogen) atoms. The first-order valence-electron chi connectivity index (χ1n) is 8.67. The van der Waals surface area contributed by atoms with Crippen molar-refractivity contribution in [2.75, 3.05) is 27.2 Å². The Morgan fingerprint density at radius 1 is 1.12 bits per heavy atom. The summed E-state index contributed by atoms with van der Waals surface area (Å²) in [5.74, 6) is -0.0545. The van der Waals surface area contributed by atoms with Crippen LogP contribution in [0.2, 0.25) is 5.02 Å². The normalized spacial score (nSPS) is 11.2. The van der Waals surface area contributed by atoms with Gasteiger partial charge >= 0.3 is 0 Å². The summed E-state index contributed by atoms with van der Waals surface area (Å²) in [5.41, 5.74) is 1.02. The van der Waals surface area contributed by atoms with E-state index in [1.54, 1.807) is 17.8 Å². The van der Waals surface area contributed by atoms with Crippen molar-refractivity contribution in [1.82, 2.24) is 10.2 Å². The number of nitrogens with one attached hydrogen (secondary N) is 1. The van der Waals surface area contributed by atoms with E-state index in [1.165, 1.54) is 0 Å². The number of halogens is 1. The SMILES string of the molecule is CN(C)CCCCNC(=O)/C=C\c1ccccc1Sc1ccc(Cl)cc1. The molecule has 0 radical (unpaired) electrons. The number of nitrogens with zero attached hydrogens (tertiary/aromatic N) is 1. The van der Waals surface area contributed by atoms with E-state index in [-0.39, 0.29) is 5.91 Å². The third-order valence-corrected chi connectivity index (χ3v) is 5.06. The molecule has 0 atom stereocenters. The summed E-state index contributed by atoms with van der Waals surface area (Å²) in [7, 11) is 4.11. The molecule has 0 bridgehead atoms. The summed E-state index contributed by atoms with van der Waals surface area (Å²) in [6.45, 7) is 1.75. The van der Waals surface area contributed by atoms with Gasteiger partial charge in [0.05, 0.1) is 0 Å². The van der Waals surface area contributed by atoms with Gasteiger partial charge in [-0.1, -0.05) is 41.6 Å². The van der Waals surface area contributed by atoms with E-state index in [9.17, 15) is 4.79 Å². The Labute approximate surface area is 165 Å². The minimum Gasteiger partial charge on any atom is -0.353 e. The molecule has 0 aromatic heterocycles. The molecular formula is C21H25ClN2OS. The van der Waals surface area contributed by atoms with Crippen LogP contribution in [-0.2, 0) is 4.79 Å². The molecule has 0 aliphatic heterocycles. The quantitative estimate of drug-likeness (QED) is 0.486. The second-order valence-electron chi connectivity index (χ2n) is 6.23. The molecule has 0 spiro atoms. The first-order chi connectivity index (χ1) is 12.5. The number of unbranched alkanes of at least 4 members (excludes halogenated alkanes) is 1. The van der Waals surface area contributed by atoms with Crippen LogP contribution in [0.5, 0.6) is 0 Å². The number of rotatable bonds is 9. The molecule has 2 rings (SSSR count). The molecular weight excluding hydrogens is 364 g/mol. The zero-order chi connectivity index (χ0) is 18.8. The minimum atomic E-state index is -0.0545. The average molecular weight is 389 g/mol. The second-order valence-corrected chi connectivity index (χ2v) is 7.78. The topological polar surface area (TPSA) is 32.3 Å². The van der Waals surface area contributed by atoms with Gasteiger partial charge in [-0.25, -0.2) is 0 Å². The highest BCUT2D eigenvalue weighted by atomic mass is 35.5. The lowest BCUT2D eigenvalue weighted by molar-refractivity contribution is -0.116. The van der Waals surface area contributed by atoms with Crippen molar-refractivity contribution in [3.63, 3.8) is 0 Å². The first-order valence-corrected chi connectivity index (χ1v) is 9.87. The summed E-state index contributed by atoms with van der Waals surface area (Å²) in [4.78, 5) is 16.4. The van der Waals surface area contributed by atoms with Crippen molar-refractivity contribution < 1.29 is 4.79 Å². The van der Waals surface area contributed by atoms with Crippen molar-refractivity contribution in [2.45, 2.75) is 22.6 Å². The maximum absolute atomic E-state index is 12.0. The molecule has 0 aliphatic carbocycles. The lowest BCUT2D eigenvalue weighted by Gasteiger charge is -2.08. The molecule has 138 valence electrons. The van der Waals surface area contributed by atoms with Crippen LogP contribution in [0.25, 0.3) is 6.08 Å². The lowest BCUT2D eigenvalue weighted by atomic mass is 10.2. The van der Waals surface area contributed by atoms with Crippen molar-refractivity contribution in [1.29, 1.82) is 0 Å². The summed E-state index contributed by atoms with van der Waals surface area (Å²) in [6, 6.07) is 15.8. The number of amides is 1. The van der Waals surface area contributed by atoms with Gasteiger partial charge in [0.2, 0.25) is 5.91 Å². The summed E-state index contributed by atoms with van der Waals surface area (Å²) < 4.78 is 0. The summed E-state index contributed by atoms with van der Waals surface area (Å²) in [6.07, 6.45) is 5.54. The fourth-order valence-corrected chi connectivity index (χ4v) is 3.38. The second kappa shape index (κ2) is 11.1. The van der Waals surface area contributed by atoms with Gasteiger partial charge in [0.1, 0.15) is 0 Å². The zero-order valence-electron chi connectivity index (χ0n) is 15.2. The van der Waals surface area contributed by atoms with Gasteiger partial charge in [-0.15, -0.1) is 0 Å². The smallest absolute Gasteiger partial charge is 0.243 e. The van der Waals surface area contributed by atoms with E-state index in [0.717, 1.165) is 39.8 Å². The number of hydrogen-bond acceptors (Lipinski definition) is 3. The molecule has 0 saturated heterocycles. The Hall–Kier alpha value is -1.75. The maximum atomic E-state index is 12.0. The standard InChI is InChI=1S/C21H25ClN2OS/c1-24(2)16-6-5-15-23-21(25)14-9-17-7-3-4-8-20(17)26-19-12-10-18(22)11-13-19/h3-4,7-14H,5-6,15-16H2,1-2H3,(H,23,25)/b14-9-. The highest BCUT2D eigenvalue weighted by Gasteiger charge is 2.03. The largest absolute Gasteiger partial charge is 0.353 e. The van der Waals surface area contributed by atoms with Crippen LogP contribution in [0.1, 0.15) is 18.4 Å². The van der Waals surface area contributed by atoms with Gasteiger partial charge in [-0.2, -0.15) is 0 Å².